The van der Waals surface area contributed by atoms with Gasteiger partial charge in [-0.05, 0) is 81.6 Å². The van der Waals surface area contributed by atoms with Crippen LogP contribution in [0.1, 0.15) is 101 Å². The van der Waals surface area contributed by atoms with Crippen LogP contribution >= 0.6 is 11.6 Å². The number of hydrogen-bond donors (Lipinski definition) is 1. The Balaban J connectivity index is 5.67. The third-order valence-corrected chi connectivity index (χ3v) is 4.45. The fraction of sp³-hybridized carbons (Fsp3) is 0.833. The summed E-state index contributed by atoms with van der Waals surface area (Å²) in [7, 11) is 0. The van der Waals surface area contributed by atoms with Crippen LogP contribution in [0.2, 0.25) is 0 Å². The summed E-state index contributed by atoms with van der Waals surface area (Å²) >= 11 is 5.72. The van der Waals surface area contributed by atoms with Crippen molar-refractivity contribution in [2.45, 2.75) is 123 Å². The van der Waals surface area contributed by atoms with E-state index in [2.05, 4.69) is 5.32 Å². The minimum atomic E-state index is -1.04. The summed E-state index contributed by atoms with van der Waals surface area (Å²) in [6.07, 6.45) is 0.454. The molecule has 9 heteroatoms. The van der Waals surface area contributed by atoms with E-state index < -0.39 is 46.2 Å². The fourth-order valence-electron chi connectivity index (χ4n) is 3.09. The Morgan fingerprint density at radius 3 is 1.09 bits per heavy atom. The van der Waals surface area contributed by atoms with Gasteiger partial charge < -0.3 is 19.5 Å². The molecule has 8 nitrogen and oxygen atoms in total. The molecule has 0 radical (unpaired) electrons. The van der Waals surface area contributed by atoms with E-state index in [4.69, 9.17) is 25.8 Å². The Kier molecular flexibility index (Phi) is 11.9. The van der Waals surface area contributed by atoms with Gasteiger partial charge in [-0.25, -0.2) is 0 Å². The second-order valence-corrected chi connectivity index (χ2v) is 11.5. The van der Waals surface area contributed by atoms with Gasteiger partial charge in [0.15, 0.2) is 0 Å². The van der Waals surface area contributed by atoms with Crippen LogP contribution in [-0.2, 0) is 33.4 Å². The van der Waals surface area contributed by atoms with Crippen LogP contribution in [0.5, 0.6) is 0 Å². The number of nitrogens with one attached hydrogen (secondary N) is 1. The second kappa shape index (κ2) is 12.6. The van der Waals surface area contributed by atoms with Gasteiger partial charge in [0, 0.05) is 24.8 Å². The van der Waals surface area contributed by atoms with Crippen LogP contribution in [0.25, 0.3) is 0 Å². The maximum atomic E-state index is 12.4. The van der Waals surface area contributed by atoms with E-state index >= 15 is 0 Å². The standard InChI is InChI=1S/C24H42ClNO7/c1-21(2,3)31-18(28)10-13-24(26-17(27)16-25,14-11-19(29)32-22(4,5)6)15-12-20(30)33-23(7,8)9/h10-16H2,1-9H3,(H,26,27). The molecule has 33 heavy (non-hydrogen) atoms. The summed E-state index contributed by atoms with van der Waals surface area (Å²) in [5.41, 5.74) is -3.03. The highest BCUT2D eigenvalue weighted by atomic mass is 35.5. The van der Waals surface area contributed by atoms with E-state index in [9.17, 15) is 19.2 Å². The molecule has 0 fully saturated rings. The zero-order valence-electron chi connectivity index (χ0n) is 21.7. The fourth-order valence-corrected chi connectivity index (χ4v) is 3.16. The number of ether oxygens (including phenoxy) is 3. The summed E-state index contributed by atoms with van der Waals surface area (Å²) in [5.74, 6) is -2.09. The minimum absolute atomic E-state index is 0.0114. The lowest BCUT2D eigenvalue weighted by molar-refractivity contribution is -0.155. The Bertz CT molecular complexity index is 606. The van der Waals surface area contributed by atoms with Gasteiger partial charge in [-0.15, -0.1) is 11.6 Å². The first-order chi connectivity index (χ1) is 14.8. The SMILES string of the molecule is CC(C)(C)OC(=O)CCC(CCC(=O)OC(C)(C)C)(CCC(=O)OC(C)(C)C)NC(=O)CCl. The van der Waals surface area contributed by atoms with Crippen LogP contribution in [0.3, 0.4) is 0 Å². The van der Waals surface area contributed by atoms with E-state index in [1.807, 2.05) is 0 Å². The van der Waals surface area contributed by atoms with Crippen molar-refractivity contribution in [2.75, 3.05) is 5.88 Å². The van der Waals surface area contributed by atoms with Gasteiger partial charge in [0.25, 0.3) is 0 Å². The number of halogens is 1. The van der Waals surface area contributed by atoms with Gasteiger partial charge in [0.05, 0.1) is 0 Å². The van der Waals surface area contributed by atoms with Crippen molar-refractivity contribution in [3.63, 3.8) is 0 Å². The first-order valence-corrected chi connectivity index (χ1v) is 11.8. The Hall–Kier alpha value is -1.83. The van der Waals surface area contributed by atoms with Crippen LogP contribution < -0.4 is 5.32 Å². The summed E-state index contributed by atoms with van der Waals surface area (Å²) < 4.78 is 16.2. The van der Waals surface area contributed by atoms with Gasteiger partial charge in [0.1, 0.15) is 22.7 Å². The normalized spacial score (nSPS) is 12.7. The van der Waals surface area contributed by atoms with E-state index in [-0.39, 0.29) is 44.4 Å². The van der Waals surface area contributed by atoms with Gasteiger partial charge in [-0.2, -0.15) is 0 Å². The summed E-state index contributed by atoms with van der Waals surface area (Å²) in [4.78, 5) is 49.4. The maximum Gasteiger partial charge on any atom is 0.306 e. The van der Waals surface area contributed by atoms with Crippen LogP contribution in [-0.4, -0.2) is 52.0 Å². The number of carbonyl (C=O) groups is 4. The minimum Gasteiger partial charge on any atom is -0.460 e. The molecule has 0 spiro atoms. The van der Waals surface area contributed by atoms with Gasteiger partial charge in [-0.1, -0.05) is 0 Å². The highest BCUT2D eigenvalue weighted by molar-refractivity contribution is 6.27. The second-order valence-electron chi connectivity index (χ2n) is 11.2. The van der Waals surface area contributed by atoms with E-state index in [0.29, 0.717) is 0 Å². The highest BCUT2D eigenvalue weighted by Gasteiger charge is 2.35. The van der Waals surface area contributed by atoms with Crippen molar-refractivity contribution in [3.8, 4) is 0 Å². The number of esters is 3. The smallest absolute Gasteiger partial charge is 0.306 e. The lowest BCUT2D eigenvalue weighted by Gasteiger charge is -2.35. The number of alkyl halides is 1. The van der Waals surface area contributed by atoms with E-state index in [1.165, 1.54) is 0 Å². The molecule has 192 valence electrons. The predicted octanol–water partition coefficient (Wildman–Crippen LogP) is 4.45. The summed E-state index contributed by atoms with van der Waals surface area (Å²) in [6, 6.07) is 0. The third kappa shape index (κ3) is 16.4. The topological polar surface area (TPSA) is 108 Å². The first kappa shape index (κ1) is 31.2. The molecule has 0 rings (SSSR count). The van der Waals surface area contributed by atoms with Crippen LogP contribution in [0.15, 0.2) is 0 Å². The number of rotatable bonds is 11. The van der Waals surface area contributed by atoms with Crippen LogP contribution in [0.4, 0.5) is 0 Å². The first-order valence-electron chi connectivity index (χ1n) is 11.3. The molecule has 0 aliphatic heterocycles. The molecule has 0 atom stereocenters. The zero-order chi connectivity index (χ0) is 26.1. The molecule has 0 aliphatic carbocycles. The molecule has 0 aromatic rings. The lowest BCUT2D eigenvalue weighted by Crippen LogP contribution is -2.50. The molecule has 1 amide bonds. The molecule has 1 N–H and O–H groups in total. The molecule has 0 saturated heterocycles. The molecule has 0 saturated carbocycles. The van der Waals surface area contributed by atoms with Crippen molar-refractivity contribution in [3.05, 3.63) is 0 Å². The van der Waals surface area contributed by atoms with Crippen LogP contribution in [0, 0.1) is 0 Å². The predicted molar refractivity (Wildman–Crippen MR) is 127 cm³/mol. The molecular formula is C24H42ClNO7. The molecule has 0 unspecified atom stereocenters. The molecular weight excluding hydrogens is 450 g/mol. The average molecular weight is 492 g/mol. The molecule has 0 aromatic heterocycles. The number of amides is 1. The van der Waals surface area contributed by atoms with Crippen molar-refractivity contribution >= 4 is 35.4 Å². The monoisotopic (exact) mass is 491 g/mol. The van der Waals surface area contributed by atoms with Crippen molar-refractivity contribution < 1.29 is 33.4 Å². The largest absolute Gasteiger partial charge is 0.460 e. The van der Waals surface area contributed by atoms with Gasteiger partial charge >= 0.3 is 17.9 Å². The number of hydrogen-bond acceptors (Lipinski definition) is 7. The maximum absolute atomic E-state index is 12.4. The lowest BCUT2D eigenvalue weighted by atomic mass is 9.83. The molecule has 0 heterocycles. The van der Waals surface area contributed by atoms with Crippen molar-refractivity contribution in [1.82, 2.24) is 5.32 Å². The quantitative estimate of drug-likeness (QED) is 0.258. The van der Waals surface area contributed by atoms with Crippen molar-refractivity contribution in [1.29, 1.82) is 0 Å². The molecule has 0 aliphatic rings. The van der Waals surface area contributed by atoms with Crippen molar-refractivity contribution in [2.24, 2.45) is 0 Å². The summed E-state index contributed by atoms with van der Waals surface area (Å²) in [6.45, 7) is 15.9. The zero-order valence-corrected chi connectivity index (χ0v) is 22.4. The Morgan fingerprint density at radius 2 is 0.879 bits per heavy atom. The Labute approximate surface area is 203 Å². The molecule has 0 bridgehead atoms. The third-order valence-electron chi connectivity index (χ3n) is 4.21. The van der Waals surface area contributed by atoms with Gasteiger partial charge in [0.2, 0.25) is 5.91 Å². The van der Waals surface area contributed by atoms with E-state index in [0.717, 1.165) is 0 Å². The van der Waals surface area contributed by atoms with E-state index in [1.54, 1.807) is 62.3 Å². The average Bonchev–Trinajstić information content (AvgIpc) is 2.58. The Morgan fingerprint density at radius 1 is 0.606 bits per heavy atom. The summed E-state index contributed by atoms with van der Waals surface area (Å²) in [5, 5.41) is 2.84. The van der Waals surface area contributed by atoms with Gasteiger partial charge in [-0.3, -0.25) is 19.2 Å². The highest BCUT2D eigenvalue weighted by Crippen LogP contribution is 2.28. The molecule has 0 aromatic carbocycles. The number of carbonyl (C=O) groups excluding carboxylic acids is 4.